The molecule has 0 unspecified atom stereocenters. The van der Waals surface area contributed by atoms with E-state index in [2.05, 4.69) is 36.6 Å². The topological polar surface area (TPSA) is 71.4 Å². The Hall–Kier alpha value is -2.75. The molecule has 0 aliphatic carbocycles. The zero-order valence-corrected chi connectivity index (χ0v) is 20.2. The van der Waals surface area contributed by atoms with Crippen LogP contribution in [0.1, 0.15) is 17.0 Å². The molecule has 1 fully saturated rings. The Morgan fingerprint density at radius 2 is 1.91 bits per heavy atom. The number of anilines is 1. The molecule has 3 aromatic rings. The van der Waals surface area contributed by atoms with Gasteiger partial charge in [0, 0.05) is 38.2 Å². The van der Waals surface area contributed by atoms with E-state index in [1.54, 1.807) is 23.9 Å². The van der Waals surface area contributed by atoms with Crippen LogP contribution in [0.25, 0.3) is 5.69 Å². The van der Waals surface area contributed by atoms with E-state index >= 15 is 0 Å². The van der Waals surface area contributed by atoms with Gasteiger partial charge in [-0.2, -0.15) is 5.10 Å². The van der Waals surface area contributed by atoms with Gasteiger partial charge < -0.3 is 10.1 Å². The van der Waals surface area contributed by atoms with E-state index < -0.39 is 0 Å². The molecule has 0 radical (unpaired) electrons. The molecule has 1 aliphatic rings. The molecule has 4 rings (SSSR count). The number of benzene rings is 2. The number of nitrogens with zero attached hydrogens (tertiary/aromatic N) is 3. The van der Waals surface area contributed by atoms with Gasteiger partial charge in [0.25, 0.3) is 0 Å². The van der Waals surface area contributed by atoms with Crippen molar-refractivity contribution in [2.45, 2.75) is 18.9 Å². The van der Waals surface area contributed by atoms with Crippen molar-refractivity contribution in [3.05, 3.63) is 76.1 Å². The molecule has 0 saturated carbocycles. The minimum absolute atomic E-state index is 0.0417. The first-order valence-corrected chi connectivity index (χ1v) is 11.6. The third-order valence-corrected chi connectivity index (χ3v) is 6.67. The van der Waals surface area contributed by atoms with Crippen LogP contribution in [0.2, 0.25) is 0 Å². The highest BCUT2D eigenvalue weighted by molar-refractivity contribution is 9.10. The maximum atomic E-state index is 13.5. The third kappa shape index (κ3) is 5.43. The van der Waals surface area contributed by atoms with Crippen molar-refractivity contribution in [3.63, 3.8) is 0 Å². The zero-order chi connectivity index (χ0) is 23.4. The number of urea groups is 1. The van der Waals surface area contributed by atoms with Gasteiger partial charge in [-0.15, -0.1) is 0 Å². The SMILES string of the molecule is COCCN1C[C@@H](NC(=O)Nc2c(C)c(Br)nn2-c2ccccc2)[C@H](c2ccc(F)cc2)C1. The lowest BCUT2D eigenvalue weighted by Gasteiger charge is -2.21. The molecule has 2 amide bonds. The number of hydrogen-bond acceptors (Lipinski definition) is 4. The quantitative estimate of drug-likeness (QED) is 0.491. The Bertz CT molecular complexity index is 1090. The van der Waals surface area contributed by atoms with Crippen LogP contribution in [0.5, 0.6) is 0 Å². The lowest BCUT2D eigenvalue weighted by molar-refractivity contribution is 0.159. The Kier molecular flexibility index (Phi) is 7.42. The number of ether oxygens (including phenoxy) is 1. The van der Waals surface area contributed by atoms with Gasteiger partial charge in [-0.05, 0) is 52.7 Å². The molecular weight excluding hydrogens is 489 g/mol. The van der Waals surface area contributed by atoms with Crippen LogP contribution in [0.15, 0.2) is 59.2 Å². The maximum absolute atomic E-state index is 13.5. The first-order chi connectivity index (χ1) is 16.0. The second-order valence-electron chi connectivity index (χ2n) is 8.13. The number of halogens is 2. The fourth-order valence-corrected chi connectivity index (χ4v) is 4.51. The first-order valence-electron chi connectivity index (χ1n) is 10.8. The van der Waals surface area contributed by atoms with Crippen LogP contribution in [-0.2, 0) is 4.74 Å². The summed E-state index contributed by atoms with van der Waals surface area (Å²) in [5, 5.41) is 10.6. The number of amides is 2. The molecule has 174 valence electrons. The molecule has 2 N–H and O–H groups in total. The number of carbonyl (C=O) groups is 1. The first kappa shape index (κ1) is 23.4. The summed E-state index contributed by atoms with van der Waals surface area (Å²) in [4.78, 5) is 15.3. The highest BCUT2D eigenvalue weighted by Gasteiger charge is 2.35. The minimum Gasteiger partial charge on any atom is -0.383 e. The molecule has 2 heterocycles. The van der Waals surface area contributed by atoms with E-state index in [9.17, 15) is 9.18 Å². The van der Waals surface area contributed by atoms with Crippen LogP contribution in [0, 0.1) is 12.7 Å². The van der Waals surface area contributed by atoms with Gasteiger partial charge in [0.2, 0.25) is 0 Å². The number of hydrogen-bond donors (Lipinski definition) is 2. The predicted molar refractivity (Wildman–Crippen MR) is 129 cm³/mol. The molecule has 1 saturated heterocycles. The number of carbonyl (C=O) groups excluding carboxylic acids is 1. The molecule has 2 aromatic carbocycles. The van der Waals surface area contributed by atoms with Crippen molar-refractivity contribution in [3.8, 4) is 5.69 Å². The van der Waals surface area contributed by atoms with Crippen LogP contribution in [0.4, 0.5) is 15.0 Å². The van der Waals surface area contributed by atoms with E-state index in [0.29, 0.717) is 23.6 Å². The number of rotatable bonds is 7. The van der Waals surface area contributed by atoms with E-state index in [4.69, 9.17) is 4.74 Å². The summed E-state index contributed by atoms with van der Waals surface area (Å²) >= 11 is 3.47. The van der Waals surface area contributed by atoms with Gasteiger partial charge in [0.1, 0.15) is 16.2 Å². The van der Waals surface area contributed by atoms with Gasteiger partial charge in [0.05, 0.1) is 18.3 Å². The van der Waals surface area contributed by atoms with Crippen molar-refractivity contribution >= 4 is 27.8 Å². The fourth-order valence-electron chi connectivity index (χ4n) is 4.17. The molecule has 9 heteroatoms. The molecule has 0 spiro atoms. The molecule has 2 atom stereocenters. The van der Waals surface area contributed by atoms with Crippen molar-refractivity contribution in [1.29, 1.82) is 0 Å². The molecule has 0 bridgehead atoms. The molecule has 1 aliphatic heterocycles. The van der Waals surface area contributed by atoms with Crippen LogP contribution in [0.3, 0.4) is 0 Å². The Labute approximate surface area is 201 Å². The van der Waals surface area contributed by atoms with Crippen LogP contribution < -0.4 is 10.6 Å². The summed E-state index contributed by atoms with van der Waals surface area (Å²) in [6.45, 7) is 4.71. The Balaban J connectivity index is 1.52. The highest BCUT2D eigenvalue weighted by Crippen LogP contribution is 2.29. The summed E-state index contributed by atoms with van der Waals surface area (Å²) in [6.07, 6.45) is 0. The largest absolute Gasteiger partial charge is 0.383 e. The number of para-hydroxylation sites is 1. The van der Waals surface area contributed by atoms with Gasteiger partial charge in [0.15, 0.2) is 0 Å². The van der Waals surface area contributed by atoms with Crippen molar-refractivity contribution in [2.24, 2.45) is 0 Å². The third-order valence-electron chi connectivity index (χ3n) is 5.92. The van der Waals surface area contributed by atoms with Gasteiger partial charge in [-0.3, -0.25) is 10.2 Å². The fraction of sp³-hybridized carbons (Fsp3) is 0.333. The predicted octanol–water partition coefficient (Wildman–Crippen LogP) is 4.32. The van der Waals surface area contributed by atoms with Gasteiger partial charge in [-0.1, -0.05) is 30.3 Å². The van der Waals surface area contributed by atoms with E-state index in [0.717, 1.165) is 29.9 Å². The normalized spacial score (nSPS) is 18.4. The Morgan fingerprint density at radius 3 is 2.61 bits per heavy atom. The van der Waals surface area contributed by atoms with Crippen LogP contribution in [-0.4, -0.2) is 60.1 Å². The summed E-state index contributed by atoms with van der Waals surface area (Å²) in [6, 6.07) is 15.7. The lowest BCUT2D eigenvalue weighted by atomic mass is 9.94. The minimum atomic E-state index is -0.312. The second-order valence-corrected chi connectivity index (χ2v) is 8.88. The smallest absolute Gasteiger partial charge is 0.320 e. The zero-order valence-electron chi connectivity index (χ0n) is 18.6. The van der Waals surface area contributed by atoms with E-state index in [1.807, 2.05) is 37.3 Å². The number of methoxy groups -OCH3 is 1. The van der Waals surface area contributed by atoms with E-state index in [-0.39, 0.29) is 23.8 Å². The molecule has 7 nitrogen and oxygen atoms in total. The van der Waals surface area contributed by atoms with Gasteiger partial charge in [-0.25, -0.2) is 13.9 Å². The number of nitrogens with one attached hydrogen (secondary N) is 2. The van der Waals surface area contributed by atoms with Crippen molar-refractivity contribution in [1.82, 2.24) is 20.0 Å². The summed E-state index contributed by atoms with van der Waals surface area (Å²) in [5.74, 6) is 0.365. The Morgan fingerprint density at radius 1 is 1.18 bits per heavy atom. The number of likely N-dealkylation sites (tertiary alicyclic amines) is 1. The molecule has 1 aromatic heterocycles. The molecular formula is C24H27BrFN5O2. The summed E-state index contributed by atoms with van der Waals surface area (Å²) in [5.41, 5.74) is 2.67. The maximum Gasteiger partial charge on any atom is 0.320 e. The number of aromatic nitrogens is 2. The lowest BCUT2D eigenvalue weighted by Crippen LogP contribution is -2.42. The van der Waals surface area contributed by atoms with Crippen molar-refractivity contribution in [2.75, 3.05) is 38.7 Å². The van der Waals surface area contributed by atoms with Gasteiger partial charge >= 0.3 is 6.03 Å². The van der Waals surface area contributed by atoms with E-state index in [1.165, 1.54) is 12.1 Å². The second kappa shape index (κ2) is 10.5. The average molecular weight is 516 g/mol. The monoisotopic (exact) mass is 515 g/mol. The highest BCUT2D eigenvalue weighted by atomic mass is 79.9. The average Bonchev–Trinajstić information content (AvgIpc) is 3.34. The summed E-state index contributed by atoms with van der Waals surface area (Å²) in [7, 11) is 1.67. The van der Waals surface area contributed by atoms with Crippen molar-refractivity contribution < 1.29 is 13.9 Å². The standard InChI is InChI=1S/C24H27BrFN5O2/c1-16-22(25)29-31(19-6-4-3-5-7-19)23(16)28-24(32)27-21-15-30(12-13-33-2)14-20(21)17-8-10-18(26)11-9-17/h3-11,20-21H,12-15H2,1-2H3,(H2,27,28,32)/t20-,21+/m0/s1. The summed E-state index contributed by atoms with van der Waals surface area (Å²) < 4.78 is 21.1. The van der Waals surface area contributed by atoms with Crippen LogP contribution >= 0.6 is 15.9 Å². The molecule has 33 heavy (non-hydrogen) atoms.